The Bertz CT molecular complexity index is 620. The molecule has 4 heteroatoms. The van der Waals surface area contributed by atoms with Gasteiger partial charge in [-0.1, -0.05) is 24.4 Å². The minimum Gasteiger partial charge on any atom is -0.457 e. The predicted octanol–water partition coefficient (Wildman–Crippen LogP) is 3.87. The number of aryl methyl sites for hydroxylation is 2. The first-order chi connectivity index (χ1) is 8.97. The Kier molecular flexibility index (Phi) is 3.81. The molecular weight excluding hydrogens is 261 g/mol. The van der Waals surface area contributed by atoms with Crippen LogP contribution in [0.15, 0.2) is 36.4 Å². The summed E-state index contributed by atoms with van der Waals surface area (Å²) in [6, 6.07) is 10.3. The lowest BCUT2D eigenvalue weighted by Crippen LogP contribution is -2.13. The molecule has 0 fully saturated rings. The molecule has 0 amide bonds. The van der Waals surface area contributed by atoms with Crippen LogP contribution in [0, 0.1) is 19.7 Å². The average molecular weight is 275 g/mol. The van der Waals surface area contributed by atoms with Crippen LogP contribution in [-0.4, -0.2) is 4.99 Å². The van der Waals surface area contributed by atoms with Gasteiger partial charge in [-0.05, 0) is 49.2 Å². The van der Waals surface area contributed by atoms with Gasteiger partial charge in [0.25, 0.3) is 0 Å². The van der Waals surface area contributed by atoms with Crippen LogP contribution in [0.25, 0.3) is 0 Å². The first-order valence-electron chi connectivity index (χ1n) is 5.82. The van der Waals surface area contributed by atoms with Gasteiger partial charge >= 0.3 is 0 Å². The van der Waals surface area contributed by atoms with Gasteiger partial charge < -0.3 is 10.5 Å². The number of thiocarbonyl (C=S) groups is 1. The SMILES string of the molecule is Cc1cc(C)cc(Oc2cccc(F)c2C(N)=S)c1. The number of hydrogen-bond acceptors (Lipinski definition) is 2. The molecule has 2 aromatic rings. The zero-order valence-corrected chi connectivity index (χ0v) is 11.6. The number of nitrogens with two attached hydrogens (primary N) is 1. The van der Waals surface area contributed by atoms with Crippen LogP contribution in [0.1, 0.15) is 16.7 Å². The quantitative estimate of drug-likeness (QED) is 0.864. The lowest BCUT2D eigenvalue weighted by Gasteiger charge is -2.12. The third kappa shape index (κ3) is 3.09. The van der Waals surface area contributed by atoms with Crippen LogP contribution in [0.3, 0.4) is 0 Å². The summed E-state index contributed by atoms with van der Waals surface area (Å²) >= 11 is 4.86. The molecule has 0 saturated carbocycles. The van der Waals surface area contributed by atoms with E-state index in [0.29, 0.717) is 11.5 Å². The van der Waals surface area contributed by atoms with Gasteiger partial charge in [-0.15, -0.1) is 0 Å². The highest BCUT2D eigenvalue weighted by molar-refractivity contribution is 7.80. The molecule has 98 valence electrons. The maximum Gasteiger partial charge on any atom is 0.140 e. The molecule has 2 aromatic carbocycles. The molecule has 0 aliphatic rings. The van der Waals surface area contributed by atoms with E-state index in [9.17, 15) is 4.39 Å². The van der Waals surface area contributed by atoms with Gasteiger partial charge in [0, 0.05) is 0 Å². The van der Waals surface area contributed by atoms with Crippen molar-refractivity contribution in [3.63, 3.8) is 0 Å². The Morgan fingerprint density at radius 1 is 1.16 bits per heavy atom. The molecule has 0 aliphatic carbocycles. The number of rotatable bonds is 3. The second-order valence-electron chi connectivity index (χ2n) is 4.40. The minimum absolute atomic E-state index is 0.0162. The summed E-state index contributed by atoms with van der Waals surface area (Å²) in [6.07, 6.45) is 0. The van der Waals surface area contributed by atoms with E-state index in [4.69, 9.17) is 22.7 Å². The zero-order valence-electron chi connectivity index (χ0n) is 10.7. The van der Waals surface area contributed by atoms with Crippen LogP contribution >= 0.6 is 12.2 Å². The van der Waals surface area contributed by atoms with Crippen LogP contribution in [0.5, 0.6) is 11.5 Å². The van der Waals surface area contributed by atoms with Gasteiger partial charge in [0.05, 0.1) is 5.56 Å². The molecule has 0 bridgehead atoms. The van der Waals surface area contributed by atoms with E-state index in [1.54, 1.807) is 12.1 Å². The van der Waals surface area contributed by atoms with Gasteiger partial charge in [-0.3, -0.25) is 0 Å². The lowest BCUT2D eigenvalue weighted by atomic mass is 10.1. The molecule has 2 nitrogen and oxygen atoms in total. The Balaban J connectivity index is 2.43. The maximum atomic E-state index is 13.7. The molecule has 0 heterocycles. The van der Waals surface area contributed by atoms with Gasteiger partial charge in [0.2, 0.25) is 0 Å². The fourth-order valence-electron chi connectivity index (χ4n) is 1.95. The van der Waals surface area contributed by atoms with Crippen LogP contribution in [0.4, 0.5) is 4.39 Å². The van der Waals surface area contributed by atoms with Crippen LogP contribution in [0.2, 0.25) is 0 Å². The summed E-state index contributed by atoms with van der Waals surface area (Å²) in [6.45, 7) is 3.94. The van der Waals surface area contributed by atoms with E-state index in [1.807, 2.05) is 32.0 Å². The molecule has 0 aromatic heterocycles. The fraction of sp³-hybridized carbons (Fsp3) is 0.133. The van der Waals surface area contributed by atoms with Crippen molar-refractivity contribution in [2.24, 2.45) is 5.73 Å². The van der Waals surface area contributed by atoms with E-state index >= 15 is 0 Å². The molecule has 0 radical (unpaired) electrons. The van der Waals surface area contributed by atoms with E-state index in [-0.39, 0.29) is 10.6 Å². The van der Waals surface area contributed by atoms with Gasteiger partial charge in [0.15, 0.2) is 0 Å². The molecule has 0 atom stereocenters. The van der Waals surface area contributed by atoms with Crippen molar-refractivity contribution >= 4 is 17.2 Å². The first-order valence-corrected chi connectivity index (χ1v) is 6.22. The second-order valence-corrected chi connectivity index (χ2v) is 4.84. The predicted molar refractivity (Wildman–Crippen MR) is 78.3 cm³/mol. The molecule has 0 unspecified atom stereocenters. The van der Waals surface area contributed by atoms with E-state index in [1.165, 1.54) is 6.07 Å². The van der Waals surface area contributed by atoms with Crippen molar-refractivity contribution in [2.45, 2.75) is 13.8 Å². The molecular formula is C15H14FNOS. The highest BCUT2D eigenvalue weighted by Gasteiger charge is 2.13. The number of halogens is 1. The topological polar surface area (TPSA) is 35.2 Å². The van der Waals surface area contributed by atoms with Crippen molar-refractivity contribution < 1.29 is 9.13 Å². The van der Waals surface area contributed by atoms with Crippen molar-refractivity contribution in [3.8, 4) is 11.5 Å². The fourth-order valence-corrected chi connectivity index (χ4v) is 2.15. The van der Waals surface area contributed by atoms with Crippen LogP contribution < -0.4 is 10.5 Å². The second kappa shape index (κ2) is 5.36. The van der Waals surface area contributed by atoms with Crippen molar-refractivity contribution in [2.75, 3.05) is 0 Å². The lowest BCUT2D eigenvalue weighted by molar-refractivity contribution is 0.474. The Morgan fingerprint density at radius 2 is 1.79 bits per heavy atom. The minimum atomic E-state index is -0.477. The smallest absolute Gasteiger partial charge is 0.140 e. The highest BCUT2D eigenvalue weighted by atomic mass is 32.1. The van der Waals surface area contributed by atoms with E-state index in [0.717, 1.165) is 11.1 Å². The summed E-state index contributed by atoms with van der Waals surface area (Å²) < 4.78 is 19.4. The Morgan fingerprint density at radius 3 is 2.37 bits per heavy atom. The third-order valence-electron chi connectivity index (χ3n) is 2.64. The standard InChI is InChI=1S/C15H14FNOS/c1-9-6-10(2)8-11(7-9)18-13-5-3-4-12(16)14(13)15(17)19/h3-8H,1-2H3,(H2,17,19). The summed E-state index contributed by atoms with van der Waals surface area (Å²) in [5.41, 5.74) is 7.82. The normalized spacial score (nSPS) is 10.3. The van der Waals surface area contributed by atoms with Gasteiger partial charge in [-0.2, -0.15) is 0 Å². The third-order valence-corrected chi connectivity index (χ3v) is 2.85. The van der Waals surface area contributed by atoms with Gasteiger partial charge in [-0.25, -0.2) is 4.39 Å². The largest absolute Gasteiger partial charge is 0.457 e. The summed E-state index contributed by atoms with van der Waals surface area (Å²) in [7, 11) is 0. The van der Waals surface area contributed by atoms with Crippen molar-refractivity contribution in [1.82, 2.24) is 0 Å². The van der Waals surface area contributed by atoms with Crippen molar-refractivity contribution in [1.29, 1.82) is 0 Å². The monoisotopic (exact) mass is 275 g/mol. The average Bonchev–Trinajstić information content (AvgIpc) is 2.26. The van der Waals surface area contributed by atoms with Crippen molar-refractivity contribution in [3.05, 3.63) is 58.9 Å². The maximum absolute atomic E-state index is 13.7. The first kappa shape index (κ1) is 13.5. The molecule has 2 rings (SSSR count). The zero-order chi connectivity index (χ0) is 14.0. The number of ether oxygens (including phenoxy) is 1. The molecule has 0 spiro atoms. The van der Waals surface area contributed by atoms with E-state index < -0.39 is 5.82 Å². The summed E-state index contributed by atoms with van der Waals surface area (Å²) in [4.78, 5) is -0.0162. The highest BCUT2D eigenvalue weighted by Crippen LogP contribution is 2.28. The number of hydrogen-bond donors (Lipinski definition) is 1. The summed E-state index contributed by atoms with van der Waals surface area (Å²) in [5, 5.41) is 0. The van der Waals surface area contributed by atoms with Gasteiger partial charge in [0.1, 0.15) is 22.3 Å². The molecule has 2 N–H and O–H groups in total. The molecule has 0 aliphatic heterocycles. The molecule has 0 saturated heterocycles. The van der Waals surface area contributed by atoms with E-state index in [2.05, 4.69) is 0 Å². The molecule has 19 heavy (non-hydrogen) atoms. The van der Waals surface area contributed by atoms with Crippen LogP contribution in [-0.2, 0) is 0 Å². The Labute approximate surface area is 117 Å². The number of benzene rings is 2. The summed E-state index contributed by atoms with van der Waals surface area (Å²) in [5.74, 6) is 0.493. The Hall–Kier alpha value is -1.94.